The number of hydrogen-bond donors (Lipinski definition) is 1. The lowest BCUT2D eigenvalue weighted by Gasteiger charge is -2.20. The number of fused-ring (bicyclic) bond motifs is 1. The molecular weight excluding hydrogens is 490 g/mol. The highest BCUT2D eigenvalue weighted by atomic mass is 19.4. The van der Waals surface area contributed by atoms with Crippen molar-refractivity contribution in [1.82, 2.24) is 14.4 Å². The van der Waals surface area contributed by atoms with Gasteiger partial charge in [-0.2, -0.15) is 35.1 Å². The van der Waals surface area contributed by atoms with Crippen LogP contribution in [0.4, 0.5) is 35.1 Å². The van der Waals surface area contributed by atoms with Gasteiger partial charge >= 0.3 is 18.3 Å². The first-order chi connectivity index (χ1) is 16.2. The fourth-order valence-electron chi connectivity index (χ4n) is 3.45. The number of rotatable bonds is 4. The van der Waals surface area contributed by atoms with Crippen molar-refractivity contribution >= 4 is 5.65 Å². The lowest BCUT2D eigenvalue weighted by atomic mass is 10.0. The summed E-state index contributed by atoms with van der Waals surface area (Å²) < 4.78 is 113. The minimum absolute atomic E-state index is 0.000827. The summed E-state index contributed by atoms with van der Waals surface area (Å²) in [5, 5.41) is 10.0. The maximum atomic E-state index is 13.8. The van der Waals surface area contributed by atoms with Crippen molar-refractivity contribution in [2.45, 2.75) is 18.3 Å². The summed E-state index contributed by atoms with van der Waals surface area (Å²) in [4.78, 5) is 7.44. The highest BCUT2D eigenvalue weighted by Gasteiger charge is 2.58. The molecule has 0 bridgehead atoms. The van der Waals surface area contributed by atoms with Crippen LogP contribution in [0.1, 0.15) is 11.3 Å². The molecule has 4 aromatic rings. The summed E-state index contributed by atoms with van der Waals surface area (Å²) in [6.45, 7) is 0. The molecule has 2 aromatic heterocycles. The molecule has 13 heteroatoms. The Bertz CT molecular complexity index is 1410. The molecule has 1 N–H and O–H groups in total. The van der Waals surface area contributed by atoms with Gasteiger partial charge in [0, 0.05) is 22.9 Å². The van der Waals surface area contributed by atoms with Crippen LogP contribution in [-0.4, -0.2) is 32.8 Å². The maximum absolute atomic E-state index is 13.8. The Morgan fingerprint density at radius 3 is 2.23 bits per heavy atom. The van der Waals surface area contributed by atoms with Crippen molar-refractivity contribution in [3.05, 3.63) is 66.1 Å². The molecule has 2 heterocycles. The quantitative estimate of drug-likeness (QED) is 0.325. The van der Waals surface area contributed by atoms with Crippen LogP contribution in [-0.2, 0) is 12.1 Å². The molecule has 0 amide bonds. The Morgan fingerprint density at radius 1 is 0.914 bits per heavy atom. The van der Waals surface area contributed by atoms with Crippen molar-refractivity contribution in [3.8, 4) is 34.0 Å². The lowest BCUT2D eigenvalue weighted by Crippen LogP contribution is -2.33. The van der Waals surface area contributed by atoms with Crippen LogP contribution < -0.4 is 4.74 Å². The molecule has 5 nitrogen and oxygen atoms in total. The van der Waals surface area contributed by atoms with Crippen molar-refractivity contribution in [1.29, 1.82) is 0 Å². The van der Waals surface area contributed by atoms with Gasteiger partial charge in [0.2, 0.25) is 0 Å². The van der Waals surface area contributed by atoms with E-state index in [2.05, 4.69) is 9.97 Å². The summed E-state index contributed by atoms with van der Waals surface area (Å²) in [6.07, 6.45) is -8.82. The second-order valence-corrected chi connectivity index (χ2v) is 7.35. The fourth-order valence-corrected chi connectivity index (χ4v) is 3.45. The van der Waals surface area contributed by atoms with Crippen LogP contribution in [0.3, 0.4) is 0 Å². The van der Waals surface area contributed by atoms with Crippen molar-refractivity contribution in [2.75, 3.05) is 7.11 Å². The summed E-state index contributed by atoms with van der Waals surface area (Å²) in [7, 11) is 1.25. The van der Waals surface area contributed by atoms with E-state index in [4.69, 9.17) is 4.74 Å². The van der Waals surface area contributed by atoms with E-state index in [1.165, 1.54) is 25.3 Å². The van der Waals surface area contributed by atoms with E-state index in [1.54, 1.807) is 0 Å². The van der Waals surface area contributed by atoms with Crippen LogP contribution >= 0.6 is 0 Å². The molecule has 0 spiro atoms. The van der Waals surface area contributed by atoms with Crippen LogP contribution in [0.2, 0.25) is 0 Å². The molecule has 0 fully saturated rings. The summed E-state index contributed by atoms with van der Waals surface area (Å²) in [6, 6.07) is 6.76. The first kappa shape index (κ1) is 24.2. The third-order valence-corrected chi connectivity index (χ3v) is 5.11. The van der Waals surface area contributed by atoms with Gasteiger partial charge in [-0.05, 0) is 24.3 Å². The average Bonchev–Trinajstić information content (AvgIpc) is 3.18. The summed E-state index contributed by atoms with van der Waals surface area (Å²) in [5.41, 5.74) is -3.96. The normalized spacial score (nSPS) is 12.8. The minimum Gasteiger partial charge on any atom is -0.504 e. The maximum Gasteiger partial charge on any atom is 0.458 e. The van der Waals surface area contributed by atoms with Gasteiger partial charge in [-0.1, -0.05) is 18.2 Å². The van der Waals surface area contributed by atoms with Crippen LogP contribution in [0.15, 0.2) is 54.9 Å². The van der Waals surface area contributed by atoms with Crippen molar-refractivity contribution in [2.24, 2.45) is 0 Å². The van der Waals surface area contributed by atoms with Crippen molar-refractivity contribution in [3.63, 3.8) is 0 Å². The van der Waals surface area contributed by atoms with Gasteiger partial charge < -0.3 is 9.84 Å². The highest BCUT2D eigenvalue weighted by molar-refractivity contribution is 5.72. The van der Waals surface area contributed by atoms with Gasteiger partial charge in [0.15, 0.2) is 22.8 Å². The Kier molecular flexibility index (Phi) is 5.61. The predicted molar refractivity (Wildman–Crippen MR) is 107 cm³/mol. The van der Waals surface area contributed by atoms with E-state index < -0.39 is 41.0 Å². The Labute approximate surface area is 191 Å². The number of halogens is 8. The van der Waals surface area contributed by atoms with Gasteiger partial charge in [-0.15, -0.1) is 0 Å². The number of hydrogen-bond acceptors (Lipinski definition) is 4. The van der Waals surface area contributed by atoms with Gasteiger partial charge in [0.25, 0.3) is 0 Å². The lowest BCUT2D eigenvalue weighted by molar-refractivity contribution is -0.289. The second-order valence-electron chi connectivity index (χ2n) is 7.35. The Balaban J connectivity index is 1.93. The number of phenolic OH excluding ortho intramolecular Hbond substituents is 1. The third kappa shape index (κ3) is 4.21. The predicted octanol–water partition coefficient (Wildman–Crippen LogP) is 6.45. The van der Waals surface area contributed by atoms with E-state index in [-0.39, 0.29) is 28.2 Å². The second kappa shape index (κ2) is 8.10. The first-order valence-corrected chi connectivity index (χ1v) is 9.62. The van der Waals surface area contributed by atoms with Crippen LogP contribution in [0.25, 0.3) is 28.2 Å². The first-order valence-electron chi connectivity index (χ1n) is 9.62. The van der Waals surface area contributed by atoms with Gasteiger partial charge in [-0.25, -0.2) is 4.98 Å². The highest BCUT2D eigenvalue weighted by Crippen LogP contribution is 2.45. The van der Waals surface area contributed by atoms with Crippen LogP contribution in [0.5, 0.6) is 11.5 Å². The van der Waals surface area contributed by atoms with Gasteiger partial charge in [-0.3, -0.25) is 9.38 Å². The SMILES string of the molecule is COc1ccc(-c2c(C(F)(F)F)nc3cnc(-c4cccc(C(F)(F)C(F)(F)F)c4)cn23)cc1O. The van der Waals surface area contributed by atoms with E-state index in [9.17, 15) is 40.2 Å². The molecule has 0 unspecified atom stereocenters. The zero-order valence-corrected chi connectivity index (χ0v) is 17.4. The summed E-state index contributed by atoms with van der Waals surface area (Å²) >= 11 is 0. The molecule has 0 radical (unpaired) electrons. The molecule has 0 aliphatic heterocycles. The zero-order chi connectivity index (χ0) is 25.8. The van der Waals surface area contributed by atoms with E-state index in [1.807, 2.05) is 0 Å². The monoisotopic (exact) mass is 503 g/mol. The molecule has 0 aliphatic carbocycles. The van der Waals surface area contributed by atoms with E-state index in [0.29, 0.717) is 12.1 Å². The Morgan fingerprint density at radius 2 is 1.63 bits per heavy atom. The number of nitrogens with zero attached hydrogens (tertiary/aromatic N) is 3. The average molecular weight is 503 g/mol. The smallest absolute Gasteiger partial charge is 0.458 e. The molecule has 0 saturated carbocycles. The number of imidazole rings is 1. The van der Waals surface area contributed by atoms with Crippen molar-refractivity contribution < 1.29 is 45.0 Å². The molecule has 0 saturated heterocycles. The molecule has 0 atom stereocenters. The number of aromatic hydroxyl groups is 1. The standard InChI is InChI=1S/C22H13F8N3O2/c1-35-16-6-5-12(8-15(16)34)18-19(21(25,26)27)32-17-9-31-14(10-33(17)18)11-3-2-4-13(7-11)20(23,24)22(28,29)30/h2-10,34H,1H3. The fraction of sp³-hybridized carbons (Fsp3) is 0.182. The number of phenols is 1. The number of ether oxygens (including phenoxy) is 1. The Hall–Kier alpha value is -3.90. The van der Waals surface area contributed by atoms with Gasteiger partial charge in [0.1, 0.15) is 0 Å². The number of alkyl halides is 8. The van der Waals surface area contributed by atoms with E-state index in [0.717, 1.165) is 28.9 Å². The number of methoxy groups -OCH3 is 1. The third-order valence-electron chi connectivity index (χ3n) is 5.11. The van der Waals surface area contributed by atoms with Crippen LogP contribution in [0, 0.1) is 0 Å². The zero-order valence-electron chi connectivity index (χ0n) is 17.4. The van der Waals surface area contributed by atoms with E-state index >= 15 is 0 Å². The molecule has 2 aromatic carbocycles. The molecule has 4 rings (SSSR count). The molecule has 184 valence electrons. The minimum atomic E-state index is -5.85. The summed E-state index contributed by atoms with van der Waals surface area (Å²) in [5.74, 6) is -5.61. The number of aromatic nitrogens is 3. The largest absolute Gasteiger partial charge is 0.504 e. The van der Waals surface area contributed by atoms with Gasteiger partial charge in [0.05, 0.1) is 24.7 Å². The number of benzene rings is 2. The molecular formula is C22H13F8N3O2. The topological polar surface area (TPSA) is 59.7 Å². The molecule has 0 aliphatic rings. The molecule has 35 heavy (non-hydrogen) atoms.